The van der Waals surface area contributed by atoms with Gasteiger partial charge in [-0.15, -0.1) is 0 Å². The Hall–Kier alpha value is -2.70. The van der Waals surface area contributed by atoms with Crippen molar-refractivity contribution < 1.29 is 14.5 Å². The highest BCUT2D eigenvalue weighted by Crippen LogP contribution is 2.18. The average Bonchev–Trinajstić information content (AvgIpc) is 2.70. The smallest absolute Gasteiger partial charge is 0.365 e. The van der Waals surface area contributed by atoms with Gasteiger partial charge in [0.05, 0.1) is 4.92 Å². The van der Waals surface area contributed by atoms with Gasteiger partial charge in [0.2, 0.25) is 5.90 Å². The summed E-state index contributed by atoms with van der Waals surface area (Å²) in [6, 6.07) is 5.64. The Morgan fingerprint density at radius 3 is 2.47 bits per heavy atom. The Labute approximate surface area is 109 Å². The summed E-state index contributed by atoms with van der Waals surface area (Å²) in [5.74, 6) is -0.393. The van der Waals surface area contributed by atoms with Gasteiger partial charge in [0.15, 0.2) is 5.70 Å². The van der Waals surface area contributed by atoms with E-state index in [-0.39, 0.29) is 17.3 Å². The number of carbonyl (C=O) groups is 1. The van der Waals surface area contributed by atoms with Gasteiger partial charge in [-0.3, -0.25) is 10.1 Å². The first-order chi connectivity index (χ1) is 8.97. The molecular formula is C12H11N3O4. The third kappa shape index (κ3) is 2.76. The van der Waals surface area contributed by atoms with Crippen LogP contribution in [0.1, 0.15) is 5.56 Å². The fraction of sp³-hybridized carbons (Fsp3) is 0.167. The van der Waals surface area contributed by atoms with Gasteiger partial charge in [0.25, 0.3) is 5.69 Å². The highest BCUT2D eigenvalue weighted by atomic mass is 16.6. The van der Waals surface area contributed by atoms with Gasteiger partial charge < -0.3 is 9.64 Å². The molecule has 7 nitrogen and oxygen atoms in total. The zero-order valence-corrected chi connectivity index (χ0v) is 10.4. The average molecular weight is 261 g/mol. The van der Waals surface area contributed by atoms with Crippen molar-refractivity contribution in [1.29, 1.82) is 0 Å². The second kappa shape index (κ2) is 4.89. The number of benzene rings is 1. The molecule has 0 spiro atoms. The summed E-state index contributed by atoms with van der Waals surface area (Å²) < 4.78 is 5.01. The molecule has 98 valence electrons. The van der Waals surface area contributed by atoms with E-state index in [0.29, 0.717) is 5.56 Å². The molecule has 0 aromatic heterocycles. The number of nitro groups is 1. The van der Waals surface area contributed by atoms with Crippen molar-refractivity contribution in [3.05, 3.63) is 51.8 Å². The van der Waals surface area contributed by atoms with E-state index in [1.807, 2.05) is 0 Å². The van der Waals surface area contributed by atoms with E-state index in [1.54, 1.807) is 25.2 Å². The fourth-order valence-electron chi connectivity index (χ4n) is 1.49. The van der Waals surface area contributed by atoms with Crippen LogP contribution in [0, 0.1) is 10.1 Å². The van der Waals surface area contributed by atoms with Crippen LogP contribution in [-0.2, 0) is 9.53 Å². The van der Waals surface area contributed by atoms with Crippen LogP contribution in [0.4, 0.5) is 5.69 Å². The van der Waals surface area contributed by atoms with Crippen LogP contribution < -0.4 is 0 Å². The maximum absolute atomic E-state index is 11.5. The van der Waals surface area contributed by atoms with E-state index in [9.17, 15) is 14.9 Å². The monoisotopic (exact) mass is 261 g/mol. The molecule has 1 heterocycles. The second-order valence-corrected chi connectivity index (χ2v) is 4.09. The molecule has 0 aliphatic carbocycles. The fourth-order valence-corrected chi connectivity index (χ4v) is 1.49. The number of rotatable bonds is 3. The van der Waals surface area contributed by atoms with Gasteiger partial charge >= 0.3 is 5.97 Å². The van der Waals surface area contributed by atoms with Crippen LogP contribution in [0.5, 0.6) is 0 Å². The van der Waals surface area contributed by atoms with Crippen molar-refractivity contribution in [2.24, 2.45) is 4.99 Å². The molecule has 0 amide bonds. The van der Waals surface area contributed by atoms with Gasteiger partial charge in [-0.05, 0) is 12.1 Å². The van der Waals surface area contributed by atoms with Crippen LogP contribution in [-0.4, -0.2) is 35.8 Å². The van der Waals surface area contributed by atoms with E-state index in [4.69, 9.17) is 4.74 Å². The first-order valence-corrected chi connectivity index (χ1v) is 5.41. The molecule has 0 atom stereocenters. The quantitative estimate of drug-likeness (QED) is 0.354. The molecular weight excluding hydrogens is 250 g/mol. The first kappa shape index (κ1) is 12.7. The van der Waals surface area contributed by atoms with E-state index in [1.165, 1.54) is 24.3 Å². The largest absolute Gasteiger partial charge is 0.402 e. The van der Waals surface area contributed by atoms with E-state index in [2.05, 4.69) is 4.99 Å². The lowest BCUT2D eigenvalue weighted by Crippen LogP contribution is -2.07. The Kier molecular flexibility index (Phi) is 3.28. The number of esters is 1. The number of cyclic esters (lactones) is 1. The van der Waals surface area contributed by atoms with E-state index in [0.717, 1.165) is 0 Å². The molecule has 1 aromatic carbocycles. The van der Waals surface area contributed by atoms with Crippen molar-refractivity contribution in [1.82, 2.24) is 4.90 Å². The third-order valence-corrected chi connectivity index (χ3v) is 2.33. The minimum Gasteiger partial charge on any atom is -0.402 e. The highest BCUT2D eigenvalue weighted by Gasteiger charge is 2.24. The Morgan fingerprint density at radius 2 is 1.95 bits per heavy atom. The summed E-state index contributed by atoms with van der Waals surface area (Å²) in [5, 5.41) is 10.5. The number of carbonyl (C=O) groups excluding carboxylic acids is 1. The van der Waals surface area contributed by atoms with Gasteiger partial charge in [0.1, 0.15) is 0 Å². The number of hydrogen-bond donors (Lipinski definition) is 0. The number of hydrogen-bond acceptors (Lipinski definition) is 6. The summed E-state index contributed by atoms with van der Waals surface area (Å²) in [5.41, 5.74) is 0.678. The minimum atomic E-state index is -0.540. The summed E-state index contributed by atoms with van der Waals surface area (Å²) in [6.07, 6.45) is 1.54. The molecule has 1 aliphatic heterocycles. The Bertz CT molecular complexity index is 587. The number of nitrogens with zero attached hydrogens (tertiary/aromatic N) is 3. The molecule has 7 heteroatoms. The van der Waals surface area contributed by atoms with Crippen molar-refractivity contribution in [2.75, 3.05) is 14.1 Å². The molecule has 19 heavy (non-hydrogen) atoms. The molecule has 0 saturated heterocycles. The molecule has 0 N–H and O–H groups in total. The lowest BCUT2D eigenvalue weighted by molar-refractivity contribution is -0.384. The molecule has 2 rings (SSSR count). The van der Waals surface area contributed by atoms with E-state index >= 15 is 0 Å². The number of nitro benzene ring substituents is 1. The molecule has 0 fully saturated rings. The predicted octanol–water partition coefficient (Wildman–Crippen LogP) is 1.30. The predicted molar refractivity (Wildman–Crippen MR) is 67.5 cm³/mol. The van der Waals surface area contributed by atoms with Gasteiger partial charge in [-0.25, -0.2) is 9.79 Å². The summed E-state index contributed by atoms with van der Waals surface area (Å²) in [6.45, 7) is 0. The molecule has 1 aliphatic rings. The van der Waals surface area contributed by atoms with E-state index < -0.39 is 10.9 Å². The van der Waals surface area contributed by atoms with Crippen molar-refractivity contribution in [2.45, 2.75) is 0 Å². The van der Waals surface area contributed by atoms with Gasteiger partial charge in [-0.2, -0.15) is 0 Å². The Morgan fingerprint density at radius 1 is 1.32 bits per heavy atom. The number of non-ortho nitro benzene ring substituents is 1. The van der Waals surface area contributed by atoms with Gasteiger partial charge in [-0.1, -0.05) is 0 Å². The molecule has 0 saturated carbocycles. The van der Waals surface area contributed by atoms with Crippen molar-refractivity contribution in [3.63, 3.8) is 0 Å². The van der Waals surface area contributed by atoms with Crippen LogP contribution in [0.2, 0.25) is 0 Å². The molecule has 0 bridgehead atoms. The van der Waals surface area contributed by atoms with Crippen LogP contribution in [0.3, 0.4) is 0 Å². The minimum absolute atomic E-state index is 0.0299. The van der Waals surface area contributed by atoms with Crippen LogP contribution in [0.15, 0.2) is 41.2 Å². The number of ether oxygens (including phenoxy) is 1. The summed E-state index contributed by atoms with van der Waals surface area (Å²) in [4.78, 5) is 27.3. The lowest BCUT2D eigenvalue weighted by Gasteiger charge is -2.02. The zero-order valence-electron chi connectivity index (χ0n) is 10.4. The maximum Gasteiger partial charge on any atom is 0.365 e. The lowest BCUT2D eigenvalue weighted by atomic mass is 10.2. The van der Waals surface area contributed by atoms with Crippen molar-refractivity contribution >= 4 is 17.6 Å². The first-order valence-electron chi connectivity index (χ1n) is 5.41. The normalized spacial score (nSPS) is 16.2. The van der Waals surface area contributed by atoms with Crippen molar-refractivity contribution in [3.8, 4) is 0 Å². The molecule has 1 aromatic rings. The second-order valence-electron chi connectivity index (χ2n) is 4.09. The standard InChI is InChI=1S/C12H11N3O4/c1-14(2)7-10-12(16)19-11(13-10)8-3-5-9(6-4-8)15(17)18/h3-7H,1-2H3/b10-7+. The highest BCUT2D eigenvalue weighted by molar-refractivity contribution is 6.11. The maximum atomic E-state index is 11.5. The van der Waals surface area contributed by atoms with Crippen LogP contribution in [0.25, 0.3) is 0 Å². The topological polar surface area (TPSA) is 85.0 Å². The SMILES string of the molecule is CN(C)/C=C1/N=C(c2ccc([N+](=O)[O-])cc2)OC1=O. The molecule has 0 radical (unpaired) electrons. The zero-order chi connectivity index (χ0) is 14.0. The Balaban J connectivity index is 2.28. The summed E-state index contributed by atoms with van der Waals surface area (Å²) in [7, 11) is 3.53. The number of aliphatic imine (C=N–C) groups is 1. The van der Waals surface area contributed by atoms with Crippen LogP contribution >= 0.6 is 0 Å². The molecule has 0 unspecified atom stereocenters. The van der Waals surface area contributed by atoms with Gasteiger partial charge in [0, 0.05) is 38.0 Å². The summed E-state index contributed by atoms with van der Waals surface area (Å²) >= 11 is 0. The third-order valence-electron chi connectivity index (χ3n) is 2.33.